The number of hydrogen-bond donors (Lipinski definition) is 2. The van der Waals surface area contributed by atoms with E-state index in [0.29, 0.717) is 6.54 Å². The van der Waals surface area contributed by atoms with Gasteiger partial charge in [-0.25, -0.2) is 0 Å². The summed E-state index contributed by atoms with van der Waals surface area (Å²) in [5.41, 5.74) is 2.45. The van der Waals surface area contributed by atoms with Crippen molar-refractivity contribution in [2.24, 2.45) is 0 Å². The standard InChI is InChI=1S/C16H20N2O2/c1-20-15-4-2-3-13(7-15)16-8-14(19)11-18(16)10-12-5-6-17-9-12/h2-7,9,14,16-17,19H,8,10-11H2,1H3/t14-,16-/m1/s1. The number of β-amino-alcohol motifs (C(OH)–C–C–N with tert-alkyl or cyclic N) is 1. The van der Waals surface area contributed by atoms with Crippen LogP contribution in [-0.4, -0.2) is 34.7 Å². The number of nitrogens with one attached hydrogen (secondary N) is 1. The van der Waals surface area contributed by atoms with E-state index in [9.17, 15) is 5.11 Å². The van der Waals surface area contributed by atoms with Gasteiger partial charge in [-0.1, -0.05) is 12.1 Å². The van der Waals surface area contributed by atoms with Gasteiger partial charge in [-0.3, -0.25) is 4.90 Å². The summed E-state index contributed by atoms with van der Waals surface area (Å²) in [5.74, 6) is 0.866. The lowest BCUT2D eigenvalue weighted by atomic mass is 10.0. The number of H-pyrrole nitrogens is 1. The fourth-order valence-electron chi connectivity index (χ4n) is 2.94. The molecule has 106 valence electrons. The zero-order chi connectivity index (χ0) is 13.9. The molecule has 2 atom stereocenters. The fraction of sp³-hybridized carbons (Fsp3) is 0.375. The molecular formula is C16H20N2O2. The first-order valence-corrected chi connectivity index (χ1v) is 6.94. The Labute approximate surface area is 119 Å². The molecule has 0 spiro atoms. The maximum absolute atomic E-state index is 10.0. The third-order valence-electron chi connectivity index (χ3n) is 3.91. The molecule has 2 N–H and O–H groups in total. The van der Waals surface area contributed by atoms with E-state index in [1.807, 2.05) is 24.5 Å². The third kappa shape index (κ3) is 2.71. The number of aliphatic hydroxyl groups is 1. The molecule has 0 amide bonds. The molecule has 1 fully saturated rings. The second kappa shape index (κ2) is 5.69. The molecule has 0 bridgehead atoms. The molecule has 1 aromatic heterocycles. The smallest absolute Gasteiger partial charge is 0.119 e. The van der Waals surface area contributed by atoms with Gasteiger partial charge in [0.15, 0.2) is 0 Å². The van der Waals surface area contributed by atoms with Crippen LogP contribution in [0.1, 0.15) is 23.6 Å². The van der Waals surface area contributed by atoms with Gasteiger partial charge in [0.2, 0.25) is 0 Å². The molecule has 20 heavy (non-hydrogen) atoms. The van der Waals surface area contributed by atoms with Crippen LogP contribution in [0.25, 0.3) is 0 Å². The number of hydrogen-bond acceptors (Lipinski definition) is 3. The Morgan fingerprint density at radius 3 is 3.05 bits per heavy atom. The minimum absolute atomic E-state index is 0.245. The number of likely N-dealkylation sites (tertiary alicyclic amines) is 1. The highest BCUT2D eigenvalue weighted by molar-refractivity contribution is 5.31. The lowest BCUT2D eigenvalue weighted by Gasteiger charge is -2.24. The number of benzene rings is 1. The van der Waals surface area contributed by atoms with Crippen LogP contribution in [0.5, 0.6) is 5.75 Å². The fourth-order valence-corrected chi connectivity index (χ4v) is 2.94. The molecule has 0 saturated carbocycles. The van der Waals surface area contributed by atoms with Gasteiger partial charge in [0.05, 0.1) is 13.2 Å². The molecular weight excluding hydrogens is 252 g/mol. The van der Waals surface area contributed by atoms with Gasteiger partial charge < -0.3 is 14.8 Å². The van der Waals surface area contributed by atoms with Gasteiger partial charge in [-0.15, -0.1) is 0 Å². The second-order valence-corrected chi connectivity index (χ2v) is 5.33. The SMILES string of the molecule is COc1cccc([C@H]2C[C@@H](O)CN2Cc2cc[nH]c2)c1. The van der Waals surface area contributed by atoms with Crippen LogP contribution in [0, 0.1) is 0 Å². The Morgan fingerprint density at radius 1 is 1.40 bits per heavy atom. The van der Waals surface area contributed by atoms with Crippen molar-refractivity contribution in [3.05, 3.63) is 53.9 Å². The van der Waals surface area contributed by atoms with Gasteiger partial charge in [-0.05, 0) is 35.7 Å². The highest BCUT2D eigenvalue weighted by Gasteiger charge is 2.32. The van der Waals surface area contributed by atoms with Crippen molar-refractivity contribution in [2.45, 2.75) is 25.1 Å². The Kier molecular flexibility index (Phi) is 3.76. The average Bonchev–Trinajstić information content (AvgIpc) is 3.09. The molecule has 2 heterocycles. The summed E-state index contributed by atoms with van der Waals surface area (Å²) < 4.78 is 5.30. The highest BCUT2D eigenvalue weighted by atomic mass is 16.5. The summed E-state index contributed by atoms with van der Waals surface area (Å²) >= 11 is 0. The molecule has 0 unspecified atom stereocenters. The van der Waals surface area contributed by atoms with E-state index >= 15 is 0 Å². The van der Waals surface area contributed by atoms with Crippen LogP contribution in [-0.2, 0) is 6.54 Å². The van der Waals surface area contributed by atoms with Gasteiger partial charge in [0.1, 0.15) is 5.75 Å². The first-order valence-electron chi connectivity index (χ1n) is 6.94. The Balaban J connectivity index is 1.81. The predicted molar refractivity (Wildman–Crippen MR) is 77.6 cm³/mol. The molecule has 0 aliphatic carbocycles. The summed E-state index contributed by atoms with van der Waals surface area (Å²) in [7, 11) is 1.68. The van der Waals surface area contributed by atoms with Crippen LogP contribution in [0.2, 0.25) is 0 Å². The first-order chi connectivity index (χ1) is 9.76. The number of aromatic nitrogens is 1. The molecule has 0 radical (unpaired) electrons. The van der Waals surface area contributed by atoms with Gasteiger partial charge in [0.25, 0.3) is 0 Å². The zero-order valence-electron chi connectivity index (χ0n) is 11.6. The van der Waals surface area contributed by atoms with Crippen molar-refractivity contribution in [1.29, 1.82) is 0 Å². The zero-order valence-corrected chi connectivity index (χ0v) is 11.6. The lowest BCUT2D eigenvalue weighted by molar-refractivity contribution is 0.172. The number of methoxy groups -OCH3 is 1. The van der Waals surface area contributed by atoms with E-state index in [1.54, 1.807) is 7.11 Å². The minimum atomic E-state index is -0.259. The highest BCUT2D eigenvalue weighted by Crippen LogP contribution is 2.34. The maximum Gasteiger partial charge on any atom is 0.119 e. The van der Waals surface area contributed by atoms with Crippen molar-refractivity contribution in [3.63, 3.8) is 0 Å². The van der Waals surface area contributed by atoms with Crippen molar-refractivity contribution >= 4 is 0 Å². The molecule has 4 nitrogen and oxygen atoms in total. The first kappa shape index (κ1) is 13.2. The van der Waals surface area contributed by atoms with E-state index in [2.05, 4.69) is 28.1 Å². The number of rotatable bonds is 4. The van der Waals surface area contributed by atoms with Crippen LogP contribution in [0.15, 0.2) is 42.7 Å². The number of aliphatic hydroxyl groups excluding tert-OH is 1. The average molecular weight is 272 g/mol. The summed E-state index contributed by atoms with van der Waals surface area (Å²) in [6.45, 7) is 1.56. The molecule has 2 aromatic rings. The normalized spacial score (nSPS) is 23.1. The van der Waals surface area contributed by atoms with E-state index in [0.717, 1.165) is 18.7 Å². The van der Waals surface area contributed by atoms with Gasteiger partial charge in [-0.2, -0.15) is 0 Å². The van der Waals surface area contributed by atoms with E-state index < -0.39 is 0 Å². The van der Waals surface area contributed by atoms with Crippen LogP contribution < -0.4 is 4.74 Å². The molecule has 1 aliphatic heterocycles. The maximum atomic E-state index is 10.0. The number of ether oxygens (including phenoxy) is 1. The summed E-state index contributed by atoms with van der Waals surface area (Å²) in [6, 6.07) is 10.4. The summed E-state index contributed by atoms with van der Waals surface area (Å²) in [6.07, 6.45) is 4.46. The van der Waals surface area contributed by atoms with Crippen molar-refractivity contribution < 1.29 is 9.84 Å². The van der Waals surface area contributed by atoms with E-state index in [1.165, 1.54) is 11.1 Å². The van der Waals surface area contributed by atoms with Crippen molar-refractivity contribution in [2.75, 3.05) is 13.7 Å². The number of aromatic amines is 1. The summed E-state index contributed by atoms with van der Waals surface area (Å²) in [5, 5.41) is 10.0. The molecule has 4 heteroatoms. The van der Waals surface area contributed by atoms with Crippen molar-refractivity contribution in [3.8, 4) is 5.75 Å². The Hall–Kier alpha value is -1.78. The largest absolute Gasteiger partial charge is 0.497 e. The minimum Gasteiger partial charge on any atom is -0.497 e. The van der Waals surface area contributed by atoms with Gasteiger partial charge >= 0.3 is 0 Å². The quantitative estimate of drug-likeness (QED) is 0.898. The number of nitrogens with zero attached hydrogens (tertiary/aromatic N) is 1. The topological polar surface area (TPSA) is 48.5 Å². The third-order valence-corrected chi connectivity index (χ3v) is 3.91. The second-order valence-electron chi connectivity index (χ2n) is 5.33. The van der Waals surface area contributed by atoms with Crippen molar-refractivity contribution in [1.82, 2.24) is 9.88 Å². The molecule has 1 aliphatic rings. The van der Waals surface area contributed by atoms with E-state index in [4.69, 9.17) is 4.74 Å². The predicted octanol–water partition coefficient (Wildman–Crippen LogP) is 2.33. The summed E-state index contributed by atoms with van der Waals surface area (Å²) in [4.78, 5) is 5.40. The molecule has 1 aromatic carbocycles. The van der Waals surface area contributed by atoms with Gasteiger partial charge in [0, 0.05) is 31.5 Å². The molecule has 3 rings (SSSR count). The van der Waals surface area contributed by atoms with E-state index in [-0.39, 0.29) is 12.1 Å². The van der Waals surface area contributed by atoms with Crippen LogP contribution in [0.3, 0.4) is 0 Å². The van der Waals surface area contributed by atoms with Crippen LogP contribution in [0.4, 0.5) is 0 Å². The monoisotopic (exact) mass is 272 g/mol. The lowest BCUT2D eigenvalue weighted by Crippen LogP contribution is -2.24. The Morgan fingerprint density at radius 2 is 2.30 bits per heavy atom. The Bertz CT molecular complexity index is 553. The molecule has 1 saturated heterocycles. The van der Waals surface area contributed by atoms with Crippen LogP contribution >= 0.6 is 0 Å².